The maximum absolute atomic E-state index is 12.7. The van der Waals surface area contributed by atoms with Crippen molar-refractivity contribution in [2.45, 2.75) is 156 Å². The number of piperidine rings is 6. The molecule has 24 rings (SSSR count). The Morgan fingerprint density at radius 2 is 0.782 bits per heavy atom. The molecule has 5 amide bonds. The molecule has 7 aliphatic heterocycles. The van der Waals surface area contributed by atoms with Crippen LogP contribution in [0.2, 0.25) is 0 Å². The number of aryl methyl sites for hydroxylation is 3. The number of para-hydroxylation sites is 4. The van der Waals surface area contributed by atoms with Crippen LogP contribution in [0.4, 0.5) is 0 Å². The number of nitrogens with zero attached hydrogens (tertiary/aromatic N) is 8. The Hall–Kier alpha value is -11.1. The Morgan fingerprint density at radius 3 is 1.32 bits per heavy atom. The summed E-state index contributed by atoms with van der Waals surface area (Å²) < 4.78 is 2.01. The van der Waals surface area contributed by atoms with E-state index in [1.807, 2.05) is 112 Å². The third-order valence-corrected chi connectivity index (χ3v) is 31.6. The van der Waals surface area contributed by atoms with E-state index in [9.17, 15) is 28.8 Å². The van der Waals surface area contributed by atoms with E-state index >= 15 is 0 Å². The minimum atomic E-state index is -0.517. The molecule has 26 nitrogen and oxygen atoms in total. The highest BCUT2D eigenvalue weighted by Gasteiger charge is 2.62. The average Bonchev–Trinajstić information content (AvgIpc) is 1.61. The molecule has 0 bridgehead atoms. The van der Waals surface area contributed by atoms with Crippen LogP contribution in [0.5, 0.6) is 0 Å². The van der Waals surface area contributed by atoms with Gasteiger partial charge in [-0.3, -0.25) is 43.5 Å². The zero-order valence-electron chi connectivity index (χ0n) is 79.6. The quantitative estimate of drug-likeness (QED) is 0.0337. The lowest BCUT2D eigenvalue weighted by atomic mass is 9.80. The minimum Gasteiger partial charge on any atom is -0.347 e. The van der Waals surface area contributed by atoms with Crippen molar-refractivity contribution in [3.8, 4) is 0 Å². The molecule has 133 heavy (non-hydrogen) atoms. The smallest absolute Gasteiger partial charge is 0.224 e. The lowest BCUT2D eigenvalue weighted by Crippen LogP contribution is -2.51. The normalized spacial score (nSPS) is 27.1. The number of nitrogens with one attached hydrogen (secondary N) is 12. The molecular weight excluding hydrogens is 1660 g/mol. The van der Waals surface area contributed by atoms with Gasteiger partial charge < -0.3 is 58.5 Å². The summed E-state index contributed by atoms with van der Waals surface area (Å²) in [5.74, 6) is 9.21. The highest BCUT2D eigenvalue weighted by Crippen LogP contribution is 2.55. The predicted molar refractivity (Wildman–Crippen MR) is 520 cm³/mol. The van der Waals surface area contributed by atoms with Crippen LogP contribution in [0, 0.1) is 120 Å². The van der Waals surface area contributed by atoms with Crippen molar-refractivity contribution in [1.29, 1.82) is 0 Å². The number of carbonyl (C=O) groups excluding carboxylic acids is 6. The highest BCUT2D eigenvalue weighted by molar-refractivity contribution is 6.11. The van der Waals surface area contributed by atoms with Gasteiger partial charge in [0.1, 0.15) is 18.4 Å². The molecular formula is C107H132N20O6. The van der Waals surface area contributed by atoms with Crippen molar-refractivity contribution >= 4 is 95.4 Å². The van der Waals surface area contributed by atoms with Crippen LogP contribution in [0.15, 0.2) is 169 Å². The monoisotopic (exact) mass is 1790 g/mol. The maximum atomic E-state index is 12.7. The molecule has 26 heteroatoms. The predicted octanol–water partition coefficient (Wildman–Crippen LogP) is 11.7. The van der Waals surface area contributed by atoms with E-state index in [4.69, 9.17) is 5.10 Å². The number of aromatic amines is 1. The van der Waals surface area contributed by atoms with Gasteiger partial charge in [0, 0.05) is 81.0 Å². The summed E-state index contributed by atoms with van der Waals surface area (Å²) in [6.07, 6.45) is 3.76. The molecule has 13 aliphatic rings. The molecule has 12 fully saturated rings. The standard InChI is InChI=1S/C19H22N2O.C18H22N4O.C18H24N4O.C18H21N3O.C17H22N4O.C17H21N3O/c1-19(2,21-18(22)17-14-10-20-11-15(14)17)16-9-5-7-12-6-3-4-8-13(12)16;1-10-5-4-6-11-15(10)20-9-21-16(11)18(2,3)22-17(23)14-12-7-19-8-13(12)14;1-4-22-14-8-6-5-7-11(14)16(21-22)18(2,3)20-17(23)15-12-9-19-10-13(12)15;1-18(2,7-15(22)16-12-8-19-9-13(12)16)17-11-5-3-4-6-14(11)20-10-21-17;1-9-5-4-6-10-14(9)20-21-15(10)17(2,3)19-16(22)13-11-7-18-8-12(11)13;1-17(2,15-11-6-4-3-5-10(11)7-19-15)20-16(21)14-12-8-18-9-13(12)14/h3-9,14-15,17,20H,10-11H2,1-2H3,(H,21,22);4-6,9,12-14,19H,7-8H2,1-3H3,(H,22,23);5-8,12-13,15,19H,4,9-10H2,1-3H3,(H,20,23);3-6,10,12-13,16,19H,7-9H2,1-2H3;4-6,11-13,18H,7-8H2,1-3H3,(H,19,22)(H,20,21);3-6,12-14,18H,7-9H2,1-2H3,(H,20,21)/t14-,15+,17?;12-,13+,14?;12-,13+,15?;12-,13+,16?;11-,12+,13?;12-,13+,14?. The fourth-order valence-electron chi connectivity index (χ4n) is 24.0. The number of aliphatic imine (C=N–C) groups is 1. The average molecular weight is 1790 g/mol. The number of ketones is 1. The molecule has 11 aromatic rings. The van der Waals surface area contributed by atoms with E-state index in [2.05, 4.69) is 242 Å². The number of aromatic nitrogens is 8. The number of benzene rings is 7. The van der Waals surface area contributed by atoms with Gasteiger partial charge in [-0.1, -0.05) is 153 Å². The minimum absolute atomic E-state index is 0.158. The zero-order valence-corrected chi connectivity index (χ0v) is 79.6. The summed E-state index contributed by atoms with van der Waals surface area (Å²) in [4.78, 5) is 98.0. The highest BCUT2D eigenvalue weighted by atomic mass is 16.2. The summed E-state index contributed by atoms with van der Waals surface area (Å²) in [6, 6.07) is 51.5. The van der Waals surface area contributed by atoms with Crippen LogP contribution in [-0.4, -0.2) is 165 Å². The van der Waals surface area contributed by atoms with E-state index in [0.29, 0.717) is 83.2 Å². The second-order valence-corrected chi connectivity index (χ2v) is 43.2. The van der Waals surface area contributed by atoms with Gasteiger partial charge in [0.2, 0.25) is 29.5 Å². The number of Topliss-reactive ketones (excluding diaryl/α,β-unsaturated/α-hetero) is 1. The lowest BCUT2D eigenvalue weighted by molar-refractivity contribution is -0.125. The van der Waals surface area contributed by atoms with Crippen LogP contribution in [0.3, 0.4) is 0 Å². The number of fused-ring (bicyclic) bond motifs is 12. The Labute approximate surface area is 779 Å². The number of rotatable bonds is 20. The first-order valence-electron chi connectivity index (χ1n) is 48.5. The summed E-state index contributed by atoms with van der Waals surface area (Å²) in [6.45, 7) is 44.4. The van der Waals surface area contributed by atoms with Crippen molar-refractivity contribution in [2.75, 3.05) is 78.5 Å². The largest absolute Gasteiger partial charge is 0.347 e. The fourth-order valence-corrected chi connectivity index (χ4v) is 24.0. The maximum Gasteiger partial charge on any atom is 0.224 e. The molecule has 6 unspecified atom stereocenters. The number of H-pyrrole nitrogens is 1. The van der Waals surface area contributed by atoms with Crippen LogP contribution in [-0.2, 0) is 69.4 Å². The molecule has 6 saturated heterocycles. The molecule has 11 heterocycles. The molecule has 12 N–H and O–H groups in total. The van der Waals surface area contributed by atoms with Crippen LogP contribution < -0.4 is 58.5 Å². The van der Waals surface area contributed by atoms with Crippen molar-refractivity contribution in [1.82, 2.24) is 98.4 Å². The lowest BCUT2D eigenvalue weighted by Gasteiger charge is -2.29. The van der Waals surface area contributed by atoms with Crippen LogP contribution >= 0.6 is 0 Å². The van der Waals surface area contributed by atoms with Gasteiger partial charge in [-0.2, -0.15) is 10.2 Å². The number of carbonyl (C=O) groups is 6. The van der Waals surface area contributed by atoms with Crippen molar-refractivity contribution in [2.24, 2.45) is 112 Å². The van der Waals surface area contributed by atoms with E-state index < -0.39 is 22.2 Å². The molecule has 18 atom stereocenters. The fraction of sp³-hybridized carbons (Fsp3) is 0.505. The molecule has 6 aliphatic carbocycles. The SMILES string of the molecule is CC(C)(CC(=O)C1[C@H]2CNC[C@@H]12)c1ncnc2ccccc12.CC(C)(NC(=O)C1[C@H]2CNC[C@@H]12)C1=NCc2ccccc21.CC(C)(NC(=O)C1[C@H]2CNC[C@@H]12)c1cccc2ccccc12.CCn1nc(C(C)(C)NC(=O)C2[C@H]3CNC[C@@H]23)c2ccccc21.Cc1cccc2c(C(C)(C)NC(=O)C3[C@H]4CNC[C@@H]34)[nH]nc12.Cc1cccc2c(C(C)(C)NC(=O)C3[C@H]4CNC[C@@H]34)ncnc12. The van der Waals surface area contributed by atoms with Gasteiger partial charge in [0.15, 0.2) is 0 Å². The first-order chi connectivity index (χ1) is 63.7. The number of amides is 5. The zero-order chi connectivity index (χ0) is 93.1. The summed E-state index contributed by atoms with van der Waals surface area (Å²) in [5, 5.41) is 55.3. The van der Waals surface area contributed by atoms with Crippen molar-refractivity contribution < 1.29 is 28.8 Å². The summed E-state index contributed by atoms with van der Waals surface area (Å²) in [5.41, 5.74) is 12.2. The van der Waals surface area contributed by atoms with Gasteiger partial charge >= 0.3 is 0 Å². The first-order valence-corrected chi connectivity index (χ1v) is 48.5. The van der Waals surface area contributed by atoms with Crippen molar-refractivity contribution in [3.05, 3.63) is 215 Å². The molecule has 0 spiro atoms. The number of hydrogen-bond acceptors (Lipinski definition) is 19. The third kappa shape index (κ3) is 17.9. The topological polar surface area (TPSA) is 345 Å². The second-order valence-electron chi connectivity index (χ2n) is 43.2. The Balaban J connectivity index is 0.000000103. The molecule has 4 aromatic heterocycles. The van der Waals surface area contributed by atoms with Crippen LogP contribution in [0.25, 0.3) is 54.4 Å². The molecule has 0 radical (unpaired) electrons. The number of hydrogen-bond donors (Lipinski definition) is 12. The van der Waals surface area contributed by atoms with Crippen LogP contribution in [0.1, 0.15) is 147 Å². The van der Waals surface area contributed by atoms with Gasteiger partial charge in [-0.05, 0) is 285 Å². The van der Waals surface area contributed by atoms with Gasteiger partial charge in [-0.15, -0.1) is 0 Å². The third-order valence-electron chi connectivity index (χ3n) is 31.6. The van der Waals surface area contributed by atoms with Gasteiger partial charge in [-0.25, -0.2) is 19.9 Å². The van der Waals surface area contributed by atoms with Gasteiger partial charge in [0.05, 0.1) is 84.8 Å². The Morgan fingerprint density at radius 1 is 0.376 bits per heavy atom. The Bertz CT molecular complexity index is 6170. The molecule has 7 aromatic carbocycles. The molecule has 6 saturated carbocycles. The van der Waals surface area contributed by atoms with E-state index in [1.165, 1.54) is 27.5 Å². The van der Waals surface area contributed by atoms with E-state index in [1.54, 1.807) is 12.7 Å². The van der Waals surface area contributed by atoms with Crippen molar-refractivity contribution in [3.63, 3.8) is 0 Å². The van der Waals surface area contributed by atoms with Gasteiger partial charge in [0.25, 0.3) is 0 Å². The van der Waals surface area contributed by atoms with E-state index in [0.717, 1.165) is 175 Å². The summed E-state index contributed by atoms with van der Waals surface area (Å²) in [7, 11) is 0. The first kappa shape index (κ1) is 91.0. The Kier molecular flexibility index (Phi) is 24.4. The second kappa shape index (κ2) is 35.6. The summed E-state index contributed by atoms with van der Waals surface area (Å²) >= 11 is 0. The van der Waals surface area contributed by atoms with E-state index in [-0.39, 0.29) is 76.0 Å². The molecule has 696 valence electrons.